The molecular formula is C11H10F3N3. The quantitative estimate of drug-likeness (QED) is 0.811. The Balaban J connectivity index is 2.09. The van der Waals surface area contributed by atoms with Gasteiger partial charge in [-0.2, -0.15) is 0 Å². The second kappa shape index (κ2) is 4.48. The van der Waals surface area contributed by atoms with Gasteiger partial charge in [-0.15, -0.1) is 0 Å². The van der Waals surface area contributed by atoms with Crippen LogP contribution in [-0.2, 0) is 6.54 Å². The number of rotatable bonds is 3. The number of imidazole rings is 1. The molecule has 0 saturated heterocycles. The summed E-state index contributed by atoms with van der Waals surface area (Å²) >= 11 is 0. The first-order chi connectivity index (χ1) is 8.06. The predicted molar refractivity (Wildman–Crippen MR) is 57.0 cm³/mol. The normalized spacial score (nSPS) is 10.6. The minimum atomic E-state index is -1.46. The highest BCUT2D eigenvalue weighted by Crippen LogP contribution is 2.17. The molecule has 1 aromatic carbocycles. The van der Waals surface area contributed by atoms with Crippen LogP contribution in [0.2, 0.25) is 0 Å². The standard InChI is InChI=1S/C11H10F3N3/c1-6-15-4-8(17-6)5-16-7-2-9(12)11(14)10(13)3-7/h2-4,16H,5H2,1H3,(H,15,17). The molecule has 0 saturated carbocycles. The van der Waals surface area contributed by atoms with Crippen LogP contribution >= 0.6 is 0 Å². The molecule has 0 bridgehead atoms. The number of hydrogen-bond donors (Lipinski definition) is 2. The maximum atomic E-state index is 12.9. The van der Waals surface area contributed by atoms with Crippen molar-refractivity contribution in [1.82, 2.24) is 9.97 Å². The third-order valence-electron chi connectivity index (χ3n) is 2.22. The van der Waals surface area contributed by atoms with E-state index in [1.807, 2.05) is 0 Å². The van der Waals surface area contributed by atoms with Gasteiger partial charge in [0.2, 0.25) is 0 Å². The molecule has 0 aliphatic rings. The first-order valence-corrected chi connectivity index (χ1v) is 4.95. The molecule has 3 nitrogen and oxygen atoms in total. The van der Waals surface area contributed by atoms with Crippen LogP contribution in [-0.4, -0.2) is 9.97 Å². The summed E-state index contributed by atoms with van der Waals surface area (Å²) in [4.78, 5) is 6.93. The minimum absolute atomic E-state index is 0.175. The fourth-order valence-corrected chi connectivity index (χ4v) is 1.42. The maximum Gasteiger partial charge on any atom is 0.194 e. The molecule has 0 amide bonds. The molecule has 0 fully saturated rings. The lowest BCUT2D eigenvalue weighted by Gasteiger charge is -2.05. The van der Waals surface area contributed by atoms with Gasteiger partial charge in [0, 0.05) is 17.8 Å². The van der Waals surface area contributed by atoms with Crippen LogP contribution in [0.4, 0.5) is 18.9 Å². The number of H-pyrrole nitrogens is 1. The Bertz CT molecular complexity index is 514. The summed E-state index contributed by atoms with van der Waals surface area (Å²) in [6, 6.07) is 1.81. The first-order valence-electron chi connectivity index (χ1n) is 4.95. The van der Waals surface area contributed by atoms with Crippen molar-refractivity contribution >= 4 is 5.69 Å². The van der Waals surface area contributed by atoms with Gasteiger partial charge in [0.15, 0.2) is 17.5 Å². The summed E-state index contributed by atoms with van der Waals surface area (Å²) in [6.45, 7) is 2.12. The van der Waals surface area contributed by atoms with Crippen molar-refractivity contribution in [2.45, 2.75) is 13.5 Å². The predicted octanol–water partition coefficient (Wildman–Crippen LogP) is 2.75. The zero-order chi connectivity index (χ0) is 12.4. The summed E-state index contributed by atoms with van der Waals surface area (Å²) in [5.41, 5.74) is 0.946. The molecule has 2 aromatic rings. The van der Waals surface area contributed by atoms with E-state index in [9.17, 15) is 13.2 Å². The van der Waals surface area contributed by atoms with Crippen molar-refractivity contribution in [2.24, 2.45) is 0 Å². The molecule has 0 unspecified atom stereocenters. The monoisotopic (exact) mass is 241 g/mol. The Morgan fingerprint density at radius 3 is 2.41 bits per heavy atom. The van der Waals surface area contributed by atoms with Crippen molar-refractivity contribution in [3.8, 4) is 0 Å². The lowest BCUT2D eigenvalue weighted by molar-refractivity contribution is 0.447. The van der Waals surface area contributed by atoms with Gasteiger partial charge in [-0.25, -0.2) is 18.2 Å². The molecule has 6 heteroatoms. The highest BCUT2D eigenvalue weighted by molar-refractivity contribution is 5.44. The highest BCUT2D eigenvalue weighted by atomic mass is 19.2. The van der Waals surface area contributed by atoms with E-state index < -0.39 is 17.5 Å². The van der Waals surface area contributed by atoms with Gasteiger partial charge in [-0.1, -0.05) is 0 Å². The van der Waals surface area contributed by atoms with Crippen LogP contribution in [0.1, 0.15) is 11.5 Å². The number of aryl methyl sites for hydroxylation is 1. The number of halogens is 3. The van der Waals surface area contributed by atoms with Gasteiger partial charge in [0.25, 0.3) is 0 Å². The second-order valence-corrected chi connectivity index (χ2v) is 3.60. The molecule has 1 heterocycles. The molecule has 0 aliphatic carbocycles. The van der Waals surface area contributed by atoms with Gasteiger partial charge < -0.3 is 10.3 Å². The topological polar surface area (TPSA) is 40.7 Å². The highest BCUT2D eigenvalue weighted by Gasteiger charge is 2.10. The van der Waals surface area contributed by atoms with E-state index >= 15 is 0 Å². The number of hydrogen-bond acceptors (Lipinski definition) is 2. The van der Waals surface area contributed by atoms with E-state index in [1.54, 1.807) is 13.1 Å². The number of nitrogens with one attached hydrogen (secondary N) is 2. The van der Waals surface area contributed by atoms with Crippen LogP contribution in [0.5, 0.6) is 0 Å². The molecule has 2 N–H and O–H groups in total. The Hall–Kier alpha value is -1.98. The van der Waals surface area contributed by atoms with Gasteiger partial charge in [0.05, 0.1) is 18.4 Å². The summed E-state index contributed by atoms with van der Waals surface area (Å²) in [5.74, 6) is -3.15. The molecule has 0 spiro atoms. The van der Waals surface area contributed by atoms with Crippen LogP contribution in [0.15, 0.2) is 18.3 Å². The van der Waals surface area contributed by atoms with E-state index in [2.05, 4.69) is 15.3 Å². The van der Waals surface area contributed by atoms with Crippen molar-refractivity contribution in [2.75, 3.05) is 5.32 Å². The Labute approximate surface area is 95.7 Å². The lowest BCUT2D eigenvalue weighted by Crippen LogP contribution is -2.02. The van der Waals surface area contributed by atoms with Gasteiger partial charge in [-0.3, -0.25) is 0 Å². The number of anilines is 1. The van der Waals surface area contributed by atoms with Crippen molar-refractivity contribution < 1.29 is 13.2 Å². The first kappa shape index (κ1) is 11.5. The molecule has 0 aliphatic heterocycles. The maximum absolute atomic E-state index is 12.9. The van der Waals surface area contributed by atoms with Crippen LogP contribution in [0.25, 0.3) is 0 Å². The summed E-state index contributed by atoms with van der Waals surface area (Å²) in [5, 5.41) is 2.77. The average Bonchev–Trinajstić information content (AvgIpc) is 2.69. The van der Waals surface area contributed by atoms with Gasteiger partial charge in [0.1, 0.15) is 5.82 Å². The molecule has 2 rings (SSSR count). The summed E-state index contributed by atoms with van der Waals surface area (Å²) in [7, 11) is 0. The minimum Gasteiger partial charge on any atom is -0.379 e. The molecule has 1 aromatic heterocycles. The van der Waals surface area contributed by atoms with Crippen molar-refractivity contribution in [3.05, 3.63) is 47.3 Å². The van der Waals surface area contributed by atoms with E-state index in [4.69, 9.17) is 0 Å². The molecule has 90 valence electrons. The molecule has 0 radical (unpaired) electrons. The smallest absolute Gasteiger partial charge is 0.194 e. The zero-order valence-corrected chi connectivity index (χ0v) is 9.02. The van der Waals surface area contributed by atoms with E-state index in [0.29, 0.717) is 6.54 Å². The van der Waals surface area contributed by atoms with Crippen LogP contribution < -0.4 is 5.32 Å². The van der Waals surface area contributed by atoms with Gasteiger partial charge >= 0.3 is 0 Å². The fourth-order valence-electron chi connectivity index (χ4n) is 1.42. The summed E-state index contributed by atoms with van der Waals surface area (Å²) in [6.07, 6.45) is 1.61. The van der Waals surface area contributed by atoms with E-state index in [-0.39, 0.29) is 5.69 Å². The van der Waals surface area contributed by atoms with Gasteiger partial charge in [-0.05, 0) is 6.92 Å². The van der Waals surface area contributed by atoms with Crippen LogP contribution in [0, 0.1) is 24.4 Å². The third-order valence-corrected chi connectivity index (χ3v) is 2.22. The van der Waals surface area contributed by atoms with E-state index in [1.165, 1.54) is 0 Å². The number of aromatic nitrogens is 2. The SMILES string of the molecule is Cc1ncc(CNc2cc(F)c(F)c(F)c2)[nH]1. The van der Waals surface area contributed by atoms with Crippen molar-refractivity contribution in [3.63, 3.8) is 0 Å². The Kier molecular flexibility index (Phi) is 3.03. The molecule has 0 atom stereocenters. The average molecular weight is 241 g/mol. The number of benzene rings is 1. The largest absolute Gasteiger partial charge is 0.379 e. The lowest BCUT2D eigenvalue weighted by atomic mass is 10.3. The molecule has 17 heavy (non-hydrogen) atoms. The fraction of sp³-hybridized carbons (Fsp3) is 0.182. The number of nitrogens with zero attached hydrogens (tertiary/aromatic N) is 1. The zero-order valence-electron chi connectivity index (χ0n) is 9.02. The third kappa shape index (κ3) is 2.58. The van der Waals surface area contributed by atoms with E-state index in [0.717, 1.165) is 23.7 Å². The van der Waals surface area contributed by atoms with Crippen molar-refractivity contribution in [1.29, 1.82) is 0 Å². The van der Waals surface area contributed by atoms with Crippen LogP contribution in [0.3, 0.4) is 0 Å². The molecular weight excluding hydrogens is 231 g/mol. The Morgan fingerprint density at radius 2 is 1.88 bits per heavy atom. The summed E-state index contributed by atoms with van der Waals surface area (Å²) < 4.78 is 38.5. The second-order valence-electron chi connectivity index (χ2n) is 3.60. The number of aromatic amines is 1. The Morgan fingerprint density at radius 1 is 1.24 bits per heavy atom.